The molecule has 2 aliphatic rings. The number of carbonyl (C=O) groups is 2. The first-order valence-electron chi connectivity index (χ1n) is 13.4. The number of nitrogens with zero attached hydrogens (tertiary/aromatic N) is 2. The van der Waals surface area contributed by atoms with Crippen molar-refractivity contribution in [1.29, 1.82) is 0 Å². The van der Waals surface area contributed by atoms with Gasteiger partial charge in [0.2, 0.25) is 6.41 Å². The molecule has 2 saturated heterocycles. The summed E-state index contributed by atoms with van der Waals surface area (Å²) in [6, 6.07) is 8.21. The van der Waals surface area contributed by atoms with Crippen LogP contribution in [0.25, 0.3) is 11.1 Å². The molecule has 0 aliphatic carbocycles. The molecule has 0 spiro atoms. The van der Waals surface area contributed by atoms with Crippen LogP contribution in [0.15, 0.2) is 36.4 Å². The quantitative estimate of drug-likeness (QED) is 0.365. The molecule has 3 N–H and O–H groups in total. The summed E-state index contributed by atoms with van der Waals surface area (Å²) in [5.41, 5.74) is 2.70. The highest BCUT2D eigenvalue weighted by Crippen LogP contribution is 2.39. The Labute approximate surface area is 236 Å². The smallest absolute Gasteiger partial charge is 0.395 e. The number of piperidine rings is 1. The third kappa shape index (κ3) is 8.38. The van der Waals surface area contributed by atoms with Crippen molar-refractivity contribution in [1.82, 2.24) is 9.80 Å². The number of alkyl halides is 3. The zero-order valence-electron chi connectivity index (χ0n) is 23.1. The van der Waals surface area contributed by atoms with Crippen LogP contribution in [0, 0.1) is 23.0 Å². The Morgan fingerprint density at radius 1 is 1.05 bits per heavy atom. The predicted octanol–water partition coefficient (Wildman–Crippen LogP) is 4.62. The Morgan fingerprint density at radius 3 is 2.24 bits per heavy atom. The summed E-state index contributed by atoms with van der Waals surface area (Å²) in [6.07, 6.45) is -2.79. The van der Waals surface area contributed by atoms with Gasteiger partial charge in [0.25, 0.3) is 5.91 Å². The molecule has 2 fully saturated rings. The maximum absolute atomic E-state index is 14.9. The molecule has 0 bridgehead atoms. The van der Waals surface area contributed by atoms with Crippen molar-refractivity contribution in [3.8, 4) is 16.9 Å². The molecule has 226 valence electrons. The van der Waals surface area contributed by atoms with E-state index in [1.807, 2.05) is 4.90 Å². The Bertz CT molecular complexity index is 1200. The van der Waals surface area contributed by atoms with Crippen molar-refractivity contribution in [3.63, 3.8) is 0 Å². The number of benzene rings is 2. The van der Waals surface area contributed by atoms with Crippen molar-refractivity contribution in [2.45, 2.75) is 45.4 Å². The fourth-order valence-corrected chi connectivity index (χ4v) is 4.95. The molecule has 0 saturated carbocycles. The van der Waals surface area contributed by atoms with E-state index in [4.69, 9.17) is 9.53 Å². The molecule has 41 heavy (non-hydrogen) atoms. The minimum absolute atomic E-state index is 0.0478. The fourth-order valence-electron chi connectivity index (χ4n) is 4.95. The van der Waals surface area contributed by atoms with Crippen molar-refractivity contribution < 1.29 is 41.4 Å². The first-order valence-corrected chi connectivity index (χ1v) is 13.4. The normalized spacial score (nSPS) is 18.5. The Kier molecular flexibility index (Phi) is 10.7. The van der Waals surface area contributed by atoms with E-state index in [1.54, 1.807) is 6.07 Å². The number of halogens is 5. The number of likely N-dealkylation sites (tertiary alicyclic amines) is 2. The standard InChI is InChI=1S/C28H33F5N2O3.CH3NO/c1-27(2,28(31,32)33)17-34-10-7-18(8-11-34)16-38-21-4-6-22(25(30)14-21)19-3-5-23(24(29)13-19)26(37)35-12-9-20(36)15-35;2-1-3/h3-6,13-14,18,20,36H,7-12,15-17H2,1-2H3;1H,(H2,2,3). The molecule has 0 aromatic heterocycles. The molecule has 7 nitrogen and oxygen atoms in total. The van der Waals surface area contributed by atoms with Gasteiger partial charge in [0.05, 0.1) is 23.7 Å². The van der Waals surface area contributed by atoms with Crippen molar-refractivity contribution in [2.75, 3.05) is 39.3 Å². The zero-order valence-corrected chi connectivity index (χ0v) is 23.1. The minimum Gasteiger partial charge on any atom is -0.493 e. The topological polar surface area (TPSA) is 96.1 Å². The molecule has 12 heteroatoms. The van der Waals surface area contributed by atoms with E-state index in [0.717, 1.165) is 6.07 Å². The van der Waals surface area contributed by atoms with Gasteiger partial charge >= 0.3 is 6.18 Å². The van der Waals surface area contributed by atoms with Crippen LogP contribution in [0.3, 0.4) is 0 Å². The average molecular weight is 586 g/mol. The number of aliphatic hydroxyl groups is 1. The number of hydrogen-bond acceptors (Lipinski definition) is 5. The molecule has 2 amide bonds. The third-order valence-electron chi connectivity index (χ3n) is 7.48. The highest BCUT2D eigenvalue weighted by atomic mass is 19.4. The summed E-state index contributed by atoms with van der Waals surface area (Å²) in [5.74, 6) is -1.42. The van der Waals surface area contributed by atoms with Crippen LogP contribution in [0.5, 0.6) is 5.75 Å². The molecular formula is C29H36F5N3O4. The predicted molar refractivity (Wildman–Crippen MR) is 143 cm³/mol. The van der Waals surface area contributed by atoms with Gasteiger partial charge in [-0.3, -0.25) is 9.59 Å². The second-order valence-corrected chi connectivity index (χ2v) is 11.1. The van der Waals surface area contributed by atoms with Crippen LogP contribution in [0.2, 0.25) is 0 Å². The summed E-state index contributed by atoms with van der Waals surface area (Å²) in [4.78, 5) is 24.3. The number of aliphatic hydroxyl groups excluding tert-OH is 1. The second-order valence-electron chi connectivity index (χ2n) is 11.1. The summed E-state index contributed by atoms with van der Waals surface area (Å²) in [5, 5.41) is 9.62. The van der Waals surface area contributed by atoms with Crippen molar-refractivity contribution >= 4 is 12.3 Å². The lowest BCUT2D eigenvalue weighted by Gasteiger charge is -2.38. The summed E-state index contributed by atoms with van der Waals surface area (Å²) < 4.78 is 74.9. The maximum atomic E-state index is 14.9. The highest BCUT2D eigenvalue weighted by Gasteiger charge is 2.48. The van der Waals surface area contributed by atoms with E-state index in [2.05, 4.69) is 5.73 Å². The second kappa shape index (κ2) is 13.6. The van der Waals surface area contributed by atoms with Crippen LogP contribution in [-0.4, -0.2) is 78.8 Å². The lowest BCUT2D eigenvalue weighted by Crippen LogP contribution is -2.46. The zero-order chi connectivity index (χ0) is 30.4. The molecule has 2 heterocycles. The molecule has 4 rings (SSSR count). The minimum atomic E-state index is -4.26. The SMILES string of the molecule is CC(C)(CN1CCC(COc2ccc(-c3ccc(C(=O)N4CCC(O)C4)c(F)c3)c(F)c2)CC1)C(F)(F)F.NC=O. The van der Waals surface area contributed by atoms with Crippen LogP contribution in [0.1, 0.15) is 43.5 Å². The molecule has 2 aromatic carbocycles. The van der Waals surface area contributed by atoms with E-state index in [0.29, 0.717) is 51.3 Å². The third-order valence-corrected chi connectivity index (χ3v) is 7.48. The van der Waals surface area contributed by atoms with Gasteiger partial charge in [0, 0.05) is 31.3 Å². The number of ether oxygens (including phenoxy) is 1. The molecule has 0 radical (unpaired) electrons. The number of β-amino-alcohol motifs (C(OH)–C–C–N with tert-alkyl or cyclic N) is 1. The van der Waals surface area contributed by atoms with Crippen molar-refractivity contribution in [3.05, 3.63) is 53.6 Å². The lowest BCUT2D eigenvalue weighted by molar-refractivity contribution is -0.217. The van der Waals surface area contributed by atoms with Gasteiger partial charge in [-0.25, -0.2) is 8.78 Å². The lowest BCUT2D eigenvalue weighted by atomic mass is 9.89. The van der Waals surface area contributed by atoms with E-state index in [9.17, 15) is 31.9 Å². The first kappa shape index (κ1) is 32.3. The Morgan fingerprint density at radius 2 is 1.71 bits per heavy atom. The summed E-state index contributed by atoms with van der Waals surface area (Å²) >= 11 is 0. The van der Waals surface area contributed by atoms with Gasteiger partial charge in [-0.15, -0.1) is 0 Å². The van der Waals surface area contributed by atoms with Gasteiger partial charge in [-0.1, -0.05) is 6.07 Å². The van der Waals surface area contributed by atoms with E-state index < -0.39 is 35.2 Å². The number of rotatable bonds is 7. The molecule has 1 unspecified atom stereocenters. The van der Waals surface area contributed by atoms with Crippen LogP contribution >= 0.6 is 0 Å². The number of nitrogens with two attached hydrogens (primary N) is 1. The number of hydrogen-bond donors (Lipinski definition) is 2. The van der Waals surface area contributed by atoms with E-state index in [-0.39, 0.29) is 42.1 Å². The monoisotopic (exact) mass is 585 g/mol. The van der Waals surface area contributed by atoms with Crippen LogP contribution < -0.4 is 10.5 Å². The summed E-state index contributed by atoms with van der Waals surface area (Å²) in [6.45, 7) is 4.30. The molecule has 2 aromatic rings. The summed E-state index contributed by atoms with van der Waals surface area (Å²) in [7, 11) is 0. The van der Waals surface area contributed by atoms with Gasteiger partial charge in [-0.2, -0.15) is 13.2 Å². The average Bonchev–Trinajstić information content (AvgIpc) is 3.34. The van der Waals surface area contributed by atoms with Gasteiger partial charge in [0.1, 0.15) is 17.4 Å². The van der Waals surface area contributed by atoms with Crippen molar-refractivity contribution in [2.24, 2.45) is 17.1 Å². The molecule has 1 atom stereocenters. The number of primary amides is 1. The fraction of sp³-hybridized carbons (Fsp3) is 0.517. The Hall–Kier alpha value is -3.25. The first-order chi connectivity index (χ1) is 19.3. The highest BCUT2D eigenvalue weighted by molar-refractivity contribution is 5.95. The maximum Gasteiger partial charge on any atom is 0.395 e. The molecule has 2 aliphatic heterocycles. The Balaban J connectivity index is 0.00000147. The van der Waals surface area contributed by atoms with E-state index >= 15 is 0 Å². The molecular weight excluding hydrogens is 549 g/mol. The van der Waals surface area contributed by atoms with Crippen LogP contribution in [0.4, 0.5) is 22.0 Å². The number of amides is 2. The van der Waals surface area contributed by atoms with Crippen LogP contribution in [-0.2, 0) is 4.79 Å². The number of carbonyl (C=O) groups excluding carboxylic acids is 2. The van der Waals surface area contributed by atoms with E-state index in [1.165, 1.54) is 43.0 Å². The van der Waals surface area contributed by atoms with Gasteiger partial charge in [0.15, 0.2) is 0 Å². The largest absolute Gasteiger partial charge is 0.493 e. The van der Waals surface area contributed by atoms with Gasteiger partial charge in [-0.05, 0) is 81.9 Å². The van der Waals surface area contributed by atoms with Gasteiger partial charge < -0.3 is 25.4 Å².